The maximum atomic E-state index is 12.6. The summed E-state index contributed by atoms with van der Waals surface area (Å²) < 4.78 is 0. The van der Waals surface area contributed by atoms with Crippen molar-refractivity contribution in [3.8, 4) is 11.5 Å². The van der Waals surface area contributed by atoms with Crippen LogP contribution >= 0.6 is 0 Å². The number of carbonyl (C=O) groups is 2. The number of fused-ring (bicyclic) bond motifs is 1. The third kappa shape index (κ3) is 2.63. The second-order valence-electron chi connectivity index (χ2n) is 6.20. The van der Waals surface area contributed by atoms with E-state index in [-0.39, 0.29) is 47.2 Å². The summed E-state index contributed by atoms with van der Waals surface area (Å²) in [6, 6.07) is 13.2. The molecule has 5 nitrogen and oxygen atoms in total. The molecule has 4 radical (unpaired) electrons. The van der Waals surface area contributed by atoms with Gasteiger partial charge in [0.1, 0.15) is 11.5 Å². The van der Waals surface area contributed by atoms with Gasteiger partial charge in [-0.05, 0) is 35.4 Å². The second kappa shape index (κ2) is 6.64. The molecule has 6 heteroatoms. The zero-order valence-electron chi connectivity index (χ0n) is 13.6. The Morgan fingerprint density at radius 1 is 0.846 bits per heavy atom. The van der Waals surface area contributed by atoms with Crippen molar-refractivity contribution >= 4 is 35.7 Å². The number of phenols is 2. The van der Waals surface area contributed by atoms with Gasteiger partial charge in [-0.3, -0.25) is 14.9 Å². The maximum absolute atomic E-state index is 12.6. The quantitative estimate of drug-likeness (QED) is 0.479. The number of rotatable bonds is 2. The normalized spacial score (nSPS) is 20.0. The first kappa shape index (κ1) is 18.3. The molecule has 2 aliphatic rings. The first-order chi connectivity index (χ1) is 12.0. The van der Waals surface area contributed by atoms with Crippen molar-refractivity contribution in [3.63, 3.8) is 0 Å². The van der Waals surface area contributed by atoms with Gasteiger partial charge in [0.15, 0.2) is 0 Å². The predicted octanol–water partition coefficient (Wildman–Crippen LogP) is 1.77. The molecule has 0 spiro atoms. The molecule has 2 aromatic rings. The number of amides is 2. The Morgan fingerprint density at radius 2 is 1.35 bits per heavy atom. The molecule has 1 unspecified atom stereocenters. The van der Waals surface area contributed by atoms with Crippen molar-refractivity contribution in [1.82, 2.24) is 5.32 Å². The summed E-state index contributed by atoms with van der Waals surface area (Å²) in [5, 5.41) is 21.7. The molecule has 1 saturated heterocycles. The fraction of sp³-hybridized carbons (Fsp3) is 0.100. The van der Waals surface area contributed by atoms with Crippen molar-refractivity contribution in [2.75, 3.05) is 0 Å². The second-order valence-corrected chi connectivity index (χ2v) is 6.20. The third-order valence-electron chi connectivity index (χ3n) is 4.85. The Bertz CT molecular complexity index is 884. The number of imide groups is 1. The summed E-state index contributed by atoms with van der Waals surface area (Å²) in [6.45, 7) is 0. The Balaban J connectivity index is 0.00000196. The molecule has 0 aromatic heterocycles. The van der Waals surface area contributed by atoms with Crippen LogP contribution in [0.25, 0.3) is 0 Å². The molecule has 2 aromatic carbocycles. The van der Waals surface area contributed by atoms with Crippen LogP contribution in [0, 0.1) is 5.92 Å². The van der Waals surface area contributed by atoms with Gasteiger partial charge in [-0.25, -0.2) is 0 Å². The fourth-order valence-electron chi connectivity index (χ4n) is 3.72. The van der Waals surface area contributed by atoms with Crippen molar-refractivity contribution < 1.29 is 19.8 Å². The topological polar surface area (TPSA) is 86.6 Å². The Labute approximate surface area is 167 Å². The first-order valence-corrected chi connectivity index (χ1v) is 7.86. The van der Waals surface area contributed by atoms with Crippen LogP contribution in [0.2, 0.25) is 0 Å². The zero-order valence-corrected chi connectivity index (χ0v) is 16.5. The molecular formula is C20H15NO4Sn. The molecule has 1 aliphatic carbocycles. The van der Waals surface area contributed by atoms with E-state index in [0.29, 0.717) is 5.57 Å². The Morgan fingerprint density at radius 3 is 1.85 bits per heavy atom. The summed E-state index contributed by atoms with van der Waals surface area (Å²) in [6.07, 6.45) is 5.31. The van der Waals surface area contributed by atoms with Gasteiger partial charge in [0.2, 0.25) is 5.91 Å². The first-order valence-electron chi connectivity index (χ1n) is 7.86. The Hall–Kier alpha value is -2.54. The van der Waals surface area contributed by atoms with Crippen LogP contribution in [0.15, 0.2) is 72.3 Å². The van der Waals surface area contributed by atoms with Crippen molar-refractivity contribution in [2.45, 2.75) is 5.41 Å². The Kier molecular flexibility index (Phi) is 4.66. The number of hydrogen-bond donors (Lipinski definition) is 3. The monoisotopic (exact) mass is 453 g/mol. The van der Waals surface area contributed by atoms with Crippen LogP contribution in [-0.4, -0.2) is 45.9 Å². The molecular weight excluding hydrogens is 437 g/mol. The van der Waals surface area contributed by atoms with Crippen LogP contribution in [0.4, 0.5) is 0 Å². The molecule has 128 valence electrons. The van der Waals surface area contributed by atoms with E-state index in [9.17, 15) is 19.8 Å². The minimum Gasteiger partial charge on any atom is -0.508 e. The minimum absolute atomic E-state index is 0. The molecule has 26 heavy (non-hydrogen) atoms. The number of phenolic OH excluding ortho intramolecular Hbond substituents is 2. The van der Waals surface area contributed by atoms with Gasteiger partial charge < -0.3 is 10.2 Å². The molecule has 4 rings (SSSR count). The van der Waals surface area contributed by atoms with Crippen molar-refractivity contribution in [2.24, 2.45) is 5.92 Å². The molecule has 2 amide bonds. The van der Waals surface area contributed by atoms with Gasteiger partial charge in [-0.2, -0.15) is 0 Å². The van der Waals surface area contributed by atoms with E-state index in [1.165, 1.54) is 0 Å². The van der Waals surface area contributed by atoms with Gasteiger partial charge in [0.25, 0.3) is 5.91 Å². The number of aromatic hydroxyl groups is 2. The molecule has 1 aliphatic heterocycles. The van der Waals surface area contributed by atoms with E-state index in [4.69, 9.17) is 0 Å². The minimum atomic E-state index is -0.901. The summed E-state index contributed by atoms with van der Waals surface area (Å²) in [4.78, 5) is 24.8. The van der Waals surface area contributed by atoms with Gasteiger partial charge in [0.05, 0.1) is 11.3 Å². The number of benzene rings is 2. The van der Waals surface area contributed by atoms with E-state index in [1.54, 1.807) is 60.7 Å². The number of carbonyl (C=O) groups excluding carboxylic acids is 2. The van der Waals surface area contributed by atoms with Gasteiger partial charge in [0, 0.05) is 29.5 Å². The van der Waals surface area contributed by atoms with Crippen LogP contribution < -0.4 is 5.32 Å². The molecule has 1 atom stereocenters. The summed E-state index contributed by atoms with van der Waals surface area (Å²) in [5.41, 5.74) is 1.05. The largest absolute Gasteiger partial charge is 0.508 e. The van der Waals surface area contributed by atoms with E-state index >= 15 is 0 Å². The SMILES string of the molecule is O=C1NC(=O)C2C1=CC=CC2(c1ccc(O)cc1)c1ccc(O)cc1.[Sn]. The third-order valence-corrected chi connectivity index (χ3v) is 4.85. The maximum Gasteiger partial charge on any atom is 0.254 e. The van der Waals surface area contributed by atoms with Gasteiger partial charge in [-0.15, -0.1) is 0 Å². The van der Waals surface area contributed by atoms with Crippen molar-refractivity contribution in [3.05, 3.63) is 83.5 Å². The molecule has 1 heterocycles. The molecule has 1 fully saturated rings. The molecule has 0 bridgehead atoms. The number of allylic oxidation sites excluding steroid dienone is 3. The van der Waals surface area contributed by atoms with E-state index in [2.05, 4.69) is 5.32 Å². The van der Waals surface area contributed by atoms with Crippen LogP contribution in [0.1, 0.15) is 11.1 Å². The van der Waals surface area contributed by atoms with E-state index in [0.717, 1.165) is 11.1 Å². The number of nitrogens with one attached hydrogen (secondary N) is 1. The standard InChI is InChI=1S/C20H15NO4.Sn/c22-14-7-3-12(4-8-14)20(13-5-9-15(23)10-6-13)11-1-2-16-17(20)19(25)21-18(16)24;/h1-11,17,22-23H,(H,21,24,25);. The van der Waals surface area contributed by atoms with E-state index in [1.807, 2.05) is 6.08 Å². The average molecular weight is 452 g/mol. The smallest absolute Gasteiger partial charge is 0.254 e. The van der Waals surface area contributed by atoms with Crippen LogP contribution in [-0.2, 0) is 15.0 Å². The molecule has 0 saturated carbocycles. The van der Waals surface area contributed by atoms with Crippen LogP contribution in [0.3, 0.4) is 0 Å². The molecule has 3 N–H and O–H groups in total. The summed E-state index contributed by atoms with van der Waals surface area (Å²) in [5.74, 6) is -1.22. The predicted molar refractivity (Wildman–Crippen MR) is 96.6 cm³/mol. The summed E-state index contributed by atoms with van der Waals surface area (Å²) in [7, 11) is 0. The number of hydrogen-bond acceptors (Lipinski definition) is 4. The van der Waals surface area contributed by atoms with Crippen molar-refractivity contribution in [1.29, 1.82) is 0 Å². The van der Waals surface area contributed by atoms with Gasteiger partial charge >= 0.3 is 0 Å². The fourth-order valence-corrected chi connectivity index (χ4v) is 3.72. The van der Waals surface area contributed by atoms with Crippen LogP contribution in [0.5, 0.6) is 11.5 Å². The average Bonchev–Trinajstić information content (AvgIpc) is 2.91. The summed E-state index contributed by atoms with van der Waals surface area (Å²) >= 11 is 0. The van der Waals surface area contributed by atoms with Gasteiger partial charge in [-0.1, -0.05) is 42.5 Å². The van der Waals surface area contributed by atoms with E-state index < -0.39 is 11.3 Å². The zero-order chi connectivity index (χ0) is 17.6.